The molecule has 13 heavy (non-hydrogen) atoms. The monoisotopic (exact) mass is 196 g/mol. The van der Waals surface area contributed by atoms with Gasteiger partial charge in [-0.1, -0.05) is 0 Å². The SMILES string of the molecule is O=C1C[C@@H](C(F)(F)F)[C@H](C(=O)O)C1. The summed E-state index contributed by atoms with van der Waals surface area (Å²) in [6.07, 6.45) is -5.78. The average molecular weight is 196 g/mol. The molecular weight excluding hydrogens is 189 g/mol. The zero-order chi connectivity index (χ0) is 10.2. The first kappa shape index (κ1) is 10.0. The molecule has 0 amide bonds. The maximum atomic E-state index is 12.1. The lowest BCUT2D eigenvalue weighted by Gasteiger charge is -2.17. The summed E-state index contributed by atoms with van der Waals surface area (Å²) < 4.78 is 36.4. The molecule has 0 aromatic carbocycles. The van der Waals surface area contributed by atoms with Gasteiger partial charge in [0.2, 0.25) is 0 Å². The van der Waals surface area contributed by atoms with Gasteiger partial charge in [0.1, 0.15) is 5.78 Å². The summed E-state index contributed by atoms with van der Waals surface area (Å²) in [6, 6.07) is 0. The summed E-state index contributed by atoms with van der Waals surface area (Å²) in [5.74, 6) is -5.77. The van der Waals surface area contributed by atoms with Crippen molar-refractivity contribution in [2.24, 2.45) is 11.8 Å². The molecule has 0 spiro atoms. The van der Waals surface area contributed by atoms with Crippen molar-refractivity contribution in [3.63, 3.8) is 0 Å². The molecule has 6 heteroatoms. The Balaban J connectivity index is 2.84. The average Bonchev–Trinajstić information content (AvgIpc) is 2.29. The van der Waals surface area contributed by atoms with E-state index in [0.29, 0.717) is 0 Å². The number of carboxylic acid groups (broad SMARTS) is 1. The number of carbonyl (C=O) groups excluding carboxylic acids is 1. The van der Waals surface area contributed by atoms with E-state index < -0.39 is 42.6 Å². The second kappa shape index (κ2) is 3.01. The van der Waals surface area contributed by atoms with E-state index in [9.17, 15) is 22.8 Å². The van der Waals surface area contributed by atoms with Crippen molar-refractivity contribution < 1.29 is 27.9 Å². The first-order chi connectivity index (χ1) is 5.82. The second-order valence-corrected chi connectivity index (χ2v) is 3.04. The highest BCUT2D eigenvalue weighted by molar-refractivity contribution is 5.88. The van der Waals surface area contributed by atoms with Crippen molar-refractivity contribution in [3.8, 4) is 0 Å². The van der Waals surface area contributed by atoms with Gasteiger partial charge in [-0.2, -0.15) is 13.2 Å². The molecule has 1 saturated carbocycles. The number of halogens is 3. The fraction of sp³-hybridized carbons (Fsp3) is 0.714. The van der Waals surface area contributed by atoms with Crippen LogP contribution in [0, 0.1) is 11.8 Å². The summed E-state index contributed by atoms with van der Waals surface area (Å²) in [5.41, 5.74) is 0. The van der Waals surface area contributed by atoms with Crippen molar-refractivity contribution >= 4 is 11.8 Å². The number of rotatable bonds is 1. The largest absolute Gasteiger partial charge is 0.481 e. The summed E-state index contributed by atoms with van der Waals surface area (Å²) in [6.45, 7) is 0. The summed E-state index contributed by atoms with van der Waals surface area (Å²) in [7, 11) is 0. The molecule has 1 aliphatic carbocycles. The van der Waals surface area contributed by atoms with E-state index in [0.717, 1.165) is 0 Å². The third-order valence-corrected chi connectivity index (χ3v) is 2.12. The maximum absolute atomic E-state index is 12.1. The second-order valence-electron chi connectivity index (χ2n) is 3.04. The zero-order valence-corrected chi connectivity index (χ0v) is 6.47. The van der Waals surface area contributed by atoms with Crippen molar-refractivity contribution in [1.82, 2.24) is 0 Å². The summed E-state index contributed by atoms with van der Waals surface area (Å²) in [4.78, 5) is 21.0. The highest BCUT2D eigenvalue weighted by Gasteiger charge is 2.52. The Bertz CT molecular complexity index is 246. The van der Waals surface area contributed by atoms with Crippen LogP contribution in [-0.2, 0) is 9.59 Å². The molecule has 1 fully saturated rings. The number of Topliss-reactive ketones (excluding diaryl/α,β-unsaturated/α-hetero) is 1. The van der Waals surface area contributed by atoms with E-state index in [1.807, 2.05) is 0 Å². The zero-order valence-electron chi connectivity index (χ0n) is 6.47. The van der Waals surface area contributed by atoms with Gasteiger partial charge in [0, 0.05) is 12.8 Å². The van der Waals surface area contributed by atoms with Crippen LogP contribution >= 0.6 is 0 Å². The van der Waals surface area contributed by atoms with Gasteiger partial charge in [0.25, 0.3) is 0 Å². The summed E-state index contributed by atoms with van der Waals surface area (Å²) >= 11 is 0. The van der Waals surface area contributed by atoms with Crippen molar-refractivity contribution in [3.05, 3.63) is 0 Å². The van der Waals surface area contributed by atoms with E-state index in [4.69, 9.17) is 5.11 Å². The van der Waals surface area contributed by atoms with E-state index in [1.165, 1.54) is 0 Å². The Morgan fingerprint density at radius 3 is 2.23 bits per heavy atom. The highest BCUT2D eigenvalue weighted by atomic mass is 19.4. The van der Waals surface area contributed by atoms with Crippen LogP contribution in [0.1, 0.15) is 12.8 Å². The van der Waals surface area contributed by atoms with Crippen molar-refractivity contribution in [2.75, 3.05) is 0 Å². The third-order valence-electron chi connectivity index (χ3n) is 2.12. The van der Waals surface area contributed by atoms with Gasteiger partial charge >= 0.3 is 12.1 Å². The van der Waals surface area contributed by atoms with Gasteiger partial charge in [-0.25, -0.2) is 0 Å². The predicted molar refractivity (Wildman–Crippen MR) is 34.9 cm³/mol. The van der Waals surface area contributed by atoms with E-state index >= 15 is 0 Å². The van der Waals surface area contributed by atoms with E-state index in [2.05, 4.69) is 0 Å². The van der Waals surface area contributed by atoms with Gasteiger partial charge in [0.05, 0.1) is 11.8 Å². The minimum Gasteiger partial charge on any atom is -0.481 e. The van der Waals surface area contributed by atoms with Crippen LogP contribution in [0.5, 0.6) is 0 Å². The Hall–Kier alpha value is -1.07. The molecule has 0 radical (unpaired) electrons. The normalized spacial score (nSPS) is 29.3. The summed E-state index contributed by atoms with van der Waals surface area (Å²) in [5, 5.41) is 8.41. The Labute approximate surface area is 71.5 Å². The number of hydrogen-bond acceptors (Lipinski definition) is 2. The molecule has 0 bridgehead atoms. The molecule has 0 aromatic heterocycles. The molecule has 1 rings (SSSR count). The Kier molecular flexibility index (Phi) is 2.32. The molecular formula is C7H7F3O3. The van der Waals surface area contributed by atoms with Crippen LogP contribution in [0.4, 0.5) is 13.2 Å². The lowest BCUT2D eigenvalue weighted by Crippen LogP contribution is -2.30. The fourth-order valence-electron chi connectivity index (χ4n) is 1.46. The number of alkyl halides is 3. The van der Waals surface area contributed by atoms with Crippen molar-refractivity contribution in [2.45, 2.75) is 19.0 Å². The number of hydrogen-bond donors (Lipinski definition) is 1. The van der Waals surface area contributed by atoms with Crippen LogP contribution in [0.15, 0.2) is 0 Å². The molecule has 1 N–H and O–H groups in total. The number of carbonyl (C=O) groups is 2. The number of carboxylic acids is 1. The highest BCUT2D eigenvalue weighted by Crippen LogP contribution is 2.41. The fourth-order valence-corrected chi connectivity index (χ4v) is 1.46. The van der Waals surface area contributed by atoms with Crippen LogP contribution in [0.25, 0.3) is 0 Å². The van der Waals surface area contributed by atoms with E-state index in [-0.39, 0.29) is 0 Å². The van der Waals surface area contributed by atoms with Gasteiger partial charge in [-0.15, -0.1) is 0 Å². The van der Waals surface area contributed by atoms with Crippen LogP contribution < -0.4 is 0 Å². The topological polar surface area (TPSA) is 54.4 Å². The molecule has 0 aromatic rings. The third kappa shape index (κ3) is 1.99. The van der Waals surface area contributed by atoms with E-state index in [1.54, 1.807) is 0 Å². The van der Waals surface area contributed by atoms with Crippen LogP contribution in [0.3, 0.4) is 0 Å². The standard InChI is InChI=1S/C7H7F3O3/c8-7(9,10)5-2-3(11)1-4(5)6(12)13/h4-5H,1-2H2,(H,12,13)/t4-,5-/m1/s1. The molecule has 2 atom stereocenters. The molecule has 3 nitrogen and oxygen atoms in total. The van der Waals surface area contributed by atoms with Gasteiger partial charge in [-0.05, 0) is 0 Å². The quantitative estimate of drug-likeness (QED) is 0.686. The maximum Gasteiger partial charge on any atom is 0.393 e. The Morgan fingerprint density at radius 2 is 1.92 bits per heavy atom. The minimum atomic E-state index is -4.59. The first-order valence-corrected chi connectivity index (χ1v) is 3.63. The smallest absolute Gasteiger partial charge is 0.393 e. The molecule has 0 aliphatic heterocycles. The van der Waals surface area contributed by atoms with Gasteiger partial charge in [-0.3, -0.25) is 9.59 Å². The molecule has 0 saturated heterocycles. The van der Waals surface area contributed by atoms with Crippen LogP contribution in [0.2, 0.25) is 0 Å². The molecule has 0 unspecified atom stereocenters. The lowest BCUT2D eigenvalue weighted by atomic mass is 9.96. The molecule has 0 heterocycles. The van der Waals surface area contributed by atoms with Gasteiger partial charge in [0.15, 0.2) is 0 Å². The molecule has 74 valence electrons. The van der Waals surface area contributed by atoms with Crippen LogP contribution in [-0.4, -0.2) is 23.0 Å². The minimum absolute atomic E-state index is 0.500. The Morgan fingerprint density at radius 1 is 1.38 bits per heavy atom. The first-order valence-electron chi connectivity index (χ1n) is 3.63. The molecule has 1 aliphatic rings. The number of aliphatic carboxylic acids is 1. The van der Waals surface area contributed by atoms with Gasteiger partial charge < -0.3 is 5.11 Å². The predicted octanol–water partition coefficient (Wildman–Crippen LogP) is 1.23. The lowest BCUT2D eigenvalue weighted by molar-refractivity contribution is -0.191. The number of ketones is 1. The van der Waals surface area contributed by atoms with Crippen molar-refractivity contribution in [1.29, 1.82) is 0 Å².